The number of hydrogen-bond acceptors (Lipinski definition) is 8. The number of nitrogens with zero attached hydrogens (tertiary/aromatic N) is 4. The van der Waals surface area contributed by atoms with Crippen LogP contribution in [0.25, 0.3) is 17.1 Å². The number of aromatic amines is 1. The number of benzene rings is 1. The van der Waals surface area contributed by atoms with E-state index in [4.69, 9.17) is 0 Å². The fraction of sp³-hybridized carbons (Fsp3) is 0.318. The van der Waals surface area contributed by atoms with Gasteiger partial charge >= 0.3 is 0 Å². The summed E-state index contributed by atoms with van der Waals surface area (Å²) >= 11 is 0.893. The number of imide groups is 1. The van der Waals surface area contributed by atoms with Gasteiger partial charge in [0.05, 0.1) is 28.0 Å². The molecule has 0 spiro atoms. The molecule has 3 N–H and O–H groups in total. The first-order chi connectivity index (χ1) is 15.6. The molecule has 0 bridgehead atoms. The summed E-state index contributed by atoms with van der Waals surface area (Å²) in [6.07, 6.45) is 7.17. The van der Waals surface area contributed by atoms with Crippen LogP contribution < -0.4 is 15.5 Å². The summed E-state index contributed by atoms with van der Waals surface area (Å²) in [4.78, 5) is 42.0. The summed E-state index contributed by atoms with van der Waals surface area (Å²) in [6, 6.07) is 8.04. The smallest absolute Gasteiger partial charge is 0.290 e. The molecule has 0 saturated carbocycles. The predicted molar refractivity (Wildman–Crippen MR) is 124 cm³/mol. The second kappa shape index (κ2) is 9.09. The fourth-order valence-electron chi connectivity index (χ4n) is 4.00. The molecule has 164 valence electrons. The monoisotopic (exact) mass is 449 g/mol. The Hall–Kier alpha value is -3.24. The van der Waals surface area contributed by atoms with Crippen molar-refractivity contribution in [3.05, 3.63) is 53.0 Å². The van der Waals surface area contributed by atoms with Gasteiger partial charge in [-0.3, -0.25) is 14.9 Å². The Bertz CT molecular complexity index is 1180. The Morgan fingerprint density at radius 1 is 1.19 bits per heavy atom. The molecule has 3 aromatic rings. The molecule has 2 aromatic heterocycles. The van der Waals surface area contributed by atoms with Crippen LogP contribution in [0.15, 0.2) is 41.7 Å². The number of aromatic nitrogens is 4. The highest BCUT2D eigenvalue weighted by molar-refractivity contribution is 8.18. The van der Waals surface area contributed by atoms with E-state index in [0.717, 1.165) is 61.8 Å². The van der Waals surface area contributed by atoms with Crippen molar-refractivity contribution < 1.29 is 9.59 Å². The van der Waals surface area contributed by atoms with E-state index in [9.17, 15) is 9.59 Å². The number of H-pyrrole nitrogens is 1. The van der Waals surface area contributed by atoms with Gasteiger partial charge in [0.25, 0.3) is 11.1 Å². The van der Waals surface area contributed by atoms with Crippen LogP contribution in [-0.2, 0) is 11.3 Å². The van der Waals surface area contributed by atoms with Crippen LogP contribution in [0.4, 0.5) is 10.7 Å². The van der Waals surface area contributed by atoms with Gasteiger partial charge in [-0.1, -0.05) is 6.07 Å². The number of piperidine rings is 1. The van der Waals surface area contributed by atoms with Gasteiger partial charge in [0, 0.05) is 25.8 Å². The molecular weight excluding hydrogens is 426 g/mol. The van der Waals surface area contributed by atoms with Gasteiger partial charge in [0.1, 0.15) is 0 Å². The number of nitrogens with one attached hydrogen (secondary N) is 3. The Balaban J connectivity index is 1.12. The highest BCUT2D eigenvalue weighted by Crippen LogP contribution is 2.26. The summed E-state index contributed by atoms with van der Waals surface area (Å²) < 4.78 is 0. The molecule has 1 aromatic carbocycles. The molecule has 2 aliphatic heterocycles. The van der Waals surface area contributed by atoms with E-state index in [1.54, 1.807) is 24.7 Å². The molecule has 0 unspecified atom stereocenters. The van der Waals surface area contributed by atoms with Crippen molar-refractivity contribution in [1.29, 1.82) is 0 Å². The van der Waals surface area contributed by atoms with Crippen molar-refractivity contribution in [3.8, 4) is 0 Å². The SMILES string of the molecule is O=C1NC(=O)/C(=C/c2ccnc(N3CCC(CNCc4ccc5nc[nH]c5c4)CC3)n2)S1. The minimum Gasteiger partial charge on any atom is -0.345 e. The van der Waals surface area contributed by atoms with Gasteiger partial charge in [-0.25, -0.2) is 15.0 Å². The zero-order chi connectivity index (χ0) is 21.9. The Morgan fingerprint density at radius 3 is 2.88 bits per heavy atom. The average Bonchev–Trinajstić information content (AvgIpc) is 3.39. The molecule has 32 heavy (non-hydrogen) atoms. The van der Waals surface area contributed by atoms with E-state index in [0.29, 0.717) is 22.5 Å². The Labute approximate surface area is 189 Å². The van der Waals surface area contributed by atoms with Crippen LogP contribution in [0.1, 0.15) is 24.1 Å². The van der Waals surface area contributed by atoms with E-state index in [1.165, 1.54) is 5.56 Å². The standard InChI is InChI=1S/C22H23N7O2S/c30-20-19(32-22(31)28-20)10-16-3-6-24-21(27-16)29-7-4-14(5-8-29)11-23-12-15-1-2-17-18(9-15)26-13-25-17/h1-3,6,9-10,13-14,23H,4-5,7-8,11-12H2,(H,25,26)(H,28,30,31)/b19-10-. The third kappa shape index (κ3) is 4.66. The van der Waals surface area contributed by atoms with Gasteiger partial charge in [-0.2, -0.15) is 0 Å². The van der Waals surface area contributed by atoms with Gasteiger partial charge < -0.3 is 15.2 Å². The topological polar surface area (TPSA) is 116 Å². The minimum absolute atomic E-state index is 0.354. The second-order valence-electron chi connectivity index (χ2n) is 7.95. The quantitative estimate of drug-likeness (QED) is 0.492. The summed E-state index contributed by atoms with van der Waals surface area (Å²) in [5, 5.41) is 5.48. The van der Waals surface area contributed by atoms with Crippen molar-refractivity contribution in [2.45, 2.75) is 19.4 Å². The number of imidazole rings is 1. The van der Waals surface area contributed by atoms with Crippen molar-refractivity contribution in [2.24, 2.45) is 5.92 Å². The van der Waals surface area contributed by atoms with Crippen molar-refractivity contribution in [1.82, 2.24) is 30.6 Å². The molecule has 5 rings (SSSR count). The number of hydrogen-bond donors (Lipinski definition) is 3. The van der Waals surface area contributed by atoms with Crippen LogP contribution in [-0.4, -0.2) is 50.7 Å². The lowest BCUT2D eigenvalue weighted by Gasteiger charge is -2.32. The van der Waals surface area contributed by atoms with E-state index < -0.39 is 0 Å². The van der Waals surface area contributed by atoms with E-state index in [1.807, 2.05) is 6.07 Å². The van der Waals surface area contributed by atoms with Crippen LogP contribution >= 0.6 is 11.8 Å². The largest absolute Gasteiger partial charge is 0.345 e. The first-order valence-corrected chi connectivity index (χ1v) is 11.4. The van der Waals surface area contributed by atoms with Gasteiger partial charge in [-0.15, -0.1) is 0 Å². The lowest BCUT2D eigenvalue weighted by Crippen LogP contribution is -2.38. The first-order valence-electron chi connectivity index (χ1n) is 10.6. The van der Waals surface area contributed by atoms with Crippen LogP contribution in [0.2, 0.25) is 0 Å². The zero-order valence-corrected chi connectivity index (χ0v) is 18.2. The molecule has 0 aliphatic carbocycles. The van der Waals surface area contributed by atoms with Gasteiger partial charge in [0.2, 0.25) is 5.95 Å². The molecular formula is C22H23N7O2S. The number of thioether (sulfide) groups is 1. The normalized spacial score (nSPS) is 18.6. The Morgan fingerprint density at radius 2 is 2.06 bits per heavy atom. The third-order valence-corrected chi connectivity index (χ3v) is 6.54. The van der Waals surface area contributed by atoms with Gasteiger partial charge in [0.15, 0.2) is 0 Å². The molecule has 0 radical (unpaired) electrons. The Kier molecular flexibility index (Phi) is 5.87. The molecule has 2 saturated heterocycles. The van der Waals surface area contributed by atoms with Crippen molar-refractivity contribution >= 4 is 46.0 Å². The second-order valence-corrected chi connectivity index (χ2v) is 8.96. The maximum absolute atomic E-state index is 11.7. The van der Waals surface area contributed by atoms with E-state index in [-0.39, 0.29) is 11.1 Å². The van der Waals surface area contributed by atoms with E-state index >= 15 is 0 Å². The number of amides is 2. The third-order valence-electron chi connectivity index (χ3n) is 5.73. The number of rotatable bonds is 6. The predicted octanol–water partition coefficient (Wildman–Crippen LogP) is 2.68. The van der Waals surface area contributed by atoms with Crippen molar-refractivity contribution in [2.75, 3.05) is 24.5 Å². The highest BCUT2D eigenvalue weighted by atomic mass is 32.2. The lowest BCUT2D eigenvalue weighted by molar-refractivity contribution is -0.115. The zero-order valence-electron chi connectivity index (χ0n) is 17.4. The number of anilines is 1. The van der Waals surface area contributed by atoms with E-state index in [2.05, 4.69) is 47.6 Å². The molecule has 9 nitrogen and oxygen atoms in total. The van der Waals surface area contributed by atoms with Crippen LogP contribution in [0.5, 0.6) is 0 Å². The summed E-state index contributed by atoms with van der Waals surface area (Å²) in [5.74, 6) is 0.892. The first kappa shape index (κ1) is 20.7. The number of carbonyl (C=O) groups is 2. The lowest BCUT2D eigenvalue weighted by atomic mass is 9.97. The minimum atomic E-state index is -0.377. The molecule has 0 atom stereocenters. The average molecular weight is 450 g/mol. The summed E-state index contributed by atoms with van der Waals surface area (Å²) in [7, 11) is 0. The van der Waals surface area contributed by atoms with Crippen LogP contribution in [0, 0.1) is 5.92 Å². The summed E-state index contributed by atoms with van der Waals surface area (Å²) in [6.45, 7) is 3.59. The molecule has 2 aliphatic rings. The maximum atomic E-state index is 11.7. The highest BCUT2D eigenvalue weighted by Gasteiger charge is 2.25. The van der Waals surface area contributed by atoms with Crippen molar-refractivity contribution in [3.63, 3.8) is 0 Å². The van der Waals surface area contributed by atoms with Gasteiger partial charge in [-0.05, 0) is 66.9 Å². The molecule has 10 heteroatoms. The maximum Gasteiger partial charge on any atom is 0.290 e. The number of carbonyl (C=O) groups excluding carboxylic acids is 2. The summed E-state index contributed by atoms with van der Waals surface area (Å²) in [5.41, 5.74) is 3.92. The number of fused-ring (bicyclic) bond motifs is 1. The molecule has 2 amide bonds. The van der Waals surface area contributed by atoms with Crippen LogP contribution in [0.3, 0.4) is 0 Å². The molecule has 4 heterocycles. The fourth-order valence-corrected chi connectivity index (χ4v) is 4.67. The molecule has 2 fully saturated rings.